The third kappa shape index (κ3) is 40.1. The molecule has 8 nitrogen and oxygen atoms in total. The molecule has 4 saturated heterocycles. The number of nitrogens with zero attached hydrogens (tertiary/aromatic N) is 4. The fourth-order valence-electron chi connectivity index (χ4n) is 9.95. The molecule has 0 amide bonds. The zero-order valence-corrected chi connectivity index (χ0v) is 72.1. The van der Waals surface area contributed by atoms with Crippen LogP contribution < -0.4 is 0 Å². The second kappa shape index (κ2) is 47.3. The van der Waals surface area contributed by atoms with Gasteiger partial charge in [-0.2, -0.15) is 0 Å². The molecule has 4 aliphatic rings. The maximum absolute atomic E-state index is 5.07. The quantitative estimate of drug-likeness (QED) is 0.104. The van der Waals surface area contributed by atoms with Crippen molar-refractivity contribution in [2.45, 2.75) is 288 Å². The summed E-state index contributed by atoms with van der Waals surface area (Å²) in [7, 11) is -5.71. The summed E-state index contributed by atoms with van der Waals surface area (Å²) in [4.78, 5) is 20.3. The molecule has 0 atom stereocenters. The summed E-state index contributed by atoms with van der Waals surface area (Å²) in [5.74, 6) is 4.36. The van der Waals surface area contributed by atoms with Crippen LogP contribution >= 0.6 is 0 Å². The van der Waals surface area contributed by atoms with E-state index >= 15 is 0 Å². The first-order valence-electron chi connectivity index (χ1n) is 34.6. The van der Waals surface area contributed by atoms with E-state index in [9.17, 15) is 0 Å². The van der Waals surface area contributed by atoms with Crippen molar-refractivity contribution in [2.24, 2.45) is 0 Å². The van der Waals surface area contributed by atoms with Gasteiger partial charge < -0.3 is 38.9 Å². The van der Waals surface area contributed by atoms with Crippen molar-refractivity contribution in [3.63, 3.8) is 0 Å². The summed E-state index contributed by atoms with van der Waals surface area (Å²) in [6, 6.07) is 26.6. The average Bonchev–Trinajstić information content (AvgIpc) is 4.37. The van der Waals surface area contributed by atoms with Crippen molar-refractivity contribution < 1.29 is 18.9 Å². The Hall–Kier alpha value is -0.693. The normalized spacial score (nSPS) is 14.6. The molecule has 8 rings (SSSR count). The summed E-state index contributed by atoms with van der Waals surface area (Å²) >= 11 is 0. The Morgan fingerprint density at radius 2 is 0.344 bits per heavy atom. The molecular weight excluding hydrogens is 1230 g/mol. The fraction of sp³-hybridized carbons (Fsp3) is 0.684. The van der Waals surface area contributed by atoms with Crippen molar-refractivity contribution in [1.29, 1.82) is 0 Å². The minimum absolute atomic E-state index is 0. The van der Waals surface area contributed by atoms with E-state index in [0.717, 1.165) is 52.9 Å². The third-order valence-electron chi connectivity index (χ3n) is 14.5. The molecule has 0 bridgehead atoms. The molecule has 14 heteroatoms. The van der Waals surface area contributed by atoms with E-state index in [-0.39, 0.29) is 75.5 Å². The van der Waals surface area contributed by atoms with Crippen LogP contribution in [-0.2, 0) is 18.9 Å². The third-order valence-corrected chi connectivity index (χ3v) is 18.0. The zero-order chi connectivity index (χ0) is 67.0. The Morgan fingerprint density at radius 3 is 0.411 bits per heavy atom. The second-order valence-electron chi connectivity index (χ2n) is 30.8. The largest absolute Gasteiger partial charge is 2.00 e. The number of hydrogen-bond acceptors (Lipinski definition) is 4. The summed E-state index contributed by atoms with van der Waals surface area (Å²) in [5.41, 5.74) is 16.3. The van der Waals surface area contributed by atoms with Gasteiger partial charge in [0.15, 0.2) is 0 Å². The van der Waals surface area contributed by atoms with Gasteiger partial charge in [-0.25, -0.2) is 0 Å². The van der Waals surface area contributed by atoms with Gasteiger partial charge in [-0.3, -0.25) is 0 Å². The molecule has 0 aliphatic carbocycles. The van der Waals surface area contributed by atoms with Crippen molar-refractivity contribution in [1.82, 2.24) is 0 Å². The van der Waals surface area contributed by atoms with Crippen LogP contribution in [-0.4, -0.2) is 161 Å². The number of rotatable bonds is 16. The molecular formula is C76H136Ca2N4O4Si4. The summed E-state index contributed by atoms with van der Waals surface area (Å²) in [5, 5.41) is 0. The van der Waals surface area contributed by atoms with Gasteiger partial charge >= 0.3 is 75.5 Å². The molecule has 0 saturated carbocycles. The van der Waals surface area contributed by atoms with Crippen LogP contribution in [0, 0.1) is 0 Å². The van der Waals surface area contributed by atoms with Gasteiger partial charge in [0.05, 0.1) is 0 Å². The second-order valence-corrected chi connectivity index (χ2v) is 49.0. The van der Waals surface area contributed by atoms with Crippen molar-refractivity contribution >= 4 is 131 Å². The molecule has 0 spiro atoms. The Balaban J connectivity index is 0. The fourth-order valence-corrected chi connectivity index (χ4v) is 13.7. The van der Waals surface area contributed by atoms with Gasteiger partial charge in [0.1, 0.15) is 0 Å². The van der Waals surface area contributed by atoms with E-state index in [1.54, 1.807) is 0 Å². The first kappa shape index (κ1) is 91.4. The summed E-state index contributed by atoms with van der Waals surface area (Å²) in [6.07, 6.45) is 10.2. The van der Waals surface area contributed by atoms with Gasteiger partial charge in [-0.05, 0) is 132 Å². The molecule has 0 aromatic heterocycles. The van der Waals surface area contributed by atoms with E-state index in [2.05, 4.69) is 262 Å². The molecule has 4 heterocycles. The first-order chi connectivity index (χ1) is 40.9. The van der Waals surface area contributed by atoms with Crippen molar-refractivity contribution in [2.75, 3.05) is 52.9 Å². The smallest absolute Gasteiger partial charge is 0.687 e. The Labute approximate surface area is 621 Å². The first-order valence-corrected chi connectivity index (χ1v) is 48.4. The predicted molar refractivity (Wildman–Crippen MR) is 416 cm³/mol. The molecule has 4 aromatic rings. The maximum atomic E-state index is 5.07. The van der Waals surface area contributed by atoms with E-state index in [1.807, 2.05) is 0 Å². The topological polar surface area (TPSA) is 93.3 Å². The van der Waals surface area contributed by atoms with Crippen LogP contribution in [0.4, 0.5) is 22.7 Å². The summed E-state index contributed by atoms with van der Waals surface area (Å²) in [6.45, 7) is 71.6. The molecule has 0 N–H and O–H groups in total. The van der Waals surface area contributed by atoms with Crippen LogP contribution in [0.1, 0.15) is 254 Å². The molecule has 90 heavy (non-hydrogen) atoms. The number of hydrogen-bond donors (Lipinski definition) is 0. The average molecular weight is 1360 g/mol. The van der Waals surface area contributed by atoms with E-state index in [1.165, 1.54) is 119 Å². The number of benzene rings is 4. The Morgan fingerprint density at radius 1 is 0.233 bits per heavy atom. The zero-order valence-electron chi connectivity index (χ0n) is 63.7. The molecule has 4 aliphatic heterocycles. The van der Waals surface area contributed by atoms with Gasteiger partial charge in [-0.15, -0.1) is 22.7 Å². The van der Waals surface area contributed by atoms with Crippen LogP contribution in [0.5, 0.6) is 0 Å². The van der Waals surface area contributed by atoms with E-state index in [0.29, 0.717) is 47.3 Å². The predicted octanol–water partition coefficient (Wildman–Crippen LogP) is 25.5. The molecule has 4 aromatic carbocycles. The van der Waals surface area contributed by atoms with Gasteiger partial charge in [0, 0.05) is 52.9 Å². The summed E-state index contributed by atoms with van der Waals surface area (Å²) < 4.78 is 19.8. The molecule has 0 radical (unpaired) electrons. The van der Waals surface area contributed by atoms with Gasteiger partial charge in [-0.1, -0.05) is 307 Å². The number of ether oxygens (including phenoxy) is 4. The van der Waals surface area contributed by atoms with Crippen LogP contribution in [0.25, 0.3) is 19.9 Å². The minimum atomic E-state index is -1.43. The maximum Gasteiger partial charge on any atom is 2.00 e. The Bertz CT molecular complexity index is 2000. The van der Waals surface area contributed by atoms with Crippen molar-refractivity contribution in [3.05, 3.63) is 137 Å². The van der Waals surface area contributed by atoms with Gasteiger partial charge in [0.25, 0.3) is 0 Å². The van der Waals surface area contributed by atoms with Gasteiger partial charge in [0.2, 0.25) is 0 Å². The SMILES string of the molecule is C1CCOC1.C1CCOC1.C1CCOC1.C1CCOC1.CC(C)c1cccc(C(C)C)c1[N-][Si](C)(C)C.CC(C)c1cccc(C(C)C)c1[N-][Si](C)(C)C.CC(C)c1cccc(C(C)C)c1[N-][Si](C)(C)C.CC(C)c1cccc(C(C)C)c1[N-][Si](C)(C)C.[Ca+2].[Ca+2]. The standard InChI is InChI=1S/4C15H26NSi.4C4H8O.2Ca/c4*1-11(2)13-9-8-10-14(12(3)4)15(13)16-17(5,6)7;4*1-2-4-5-3-1;;/h4*8-12H,1-7H3;4*1-4H2;;/q4*-1;;;;;2*+2. The monoisotopic (exact) mass is 1360 g/mol. The van der Waals surface area contributed by atoms with E-state index < -0.39 is 32.9 Å². The van der Waals surface area contributed by atoms with Crippen LogP contribution in [0.15, 0.2) is 72.8 Å². The van der Waals surface area contributed by atoms with Crippen molar-refractivity contribution in [3.8, 4) is 0 Å². The van der Waals surface area contributed by atoms with Crippen LogP contribution in [0.2, 0.25) is 78.6 Å². The minimum Gasteiger partial charge on any atom is -0.687 e. The Kier molecular flexibility index (Phi) is 48.0. The van der Waals surface area contributed by atoms with E-state index in [4.69, 9.17) is 38.9 Å². The molecule has 4 fully saturated rings. The van der Waals surface area contributed by atoms with Crippen LogP contribution in [0.3, 0.4) is 0 Å². The molecule has 0 unspecified atom stereocenters. The molecule has 504 valence electrons.